The van der Waals surface area contributed by atoms with Crippen molar-refractivity contribution in [1.82, 2.24) is 15.2 Å². The Hall–Kier alpha value is -2.52. The van der Waals surface area contributed by atoms with Crippen LogP contribution in [0.1, 0.15) is 32.8 Å². The number of rotatable bonds is 6. The van der Waals surface area contributed by atoms with Gasteiger partial charge in [0.05, 0.1) is 12.2 Å². The number of amidine groups is 2. The molecule has 1 atom stereocenters. The predicted octanol–water partition coefficient (Wildman–Crippen LogP) is 2.63. The first kappa shape index (κ1) is 22.8. The minimum absolute atomic E-state index is 0.0120. The Morgan fingerprint density at radius 3 is 2.62 bits per heavy atom. The van der Waals surface area contributed by atoms with E-state index >= 15 is 0 Å². The third kappa shape index (κ3) is 5.51. The highest BCUT2D eigenvalue weighted by Crippen LogP contribution is 2.18. The monoisotopic (exact) mass is 437 g/mol. The molecule has 0 spiro atoms. The van der Waals surface area contributed by atoms with E-state index in [0.717, 1.165) is 6.26 Å². The Balaban J connectivity index is 2.36. The Labute approximate surface area is 176 Å². The molecular weight excluding hydrogens is 414 g/mol. The molecular formula is C19H24ClN5O3S. The number of piperazine rings is 1. The van der Waals surface area contributed by atoms with Crippen molar-refractivity contribution in [2.45, 2.75) is 44.8 Å². The van der Waals surface area contributed by atoms with Gasteiger partial charge < -0.3 is 5.32 Å². The zero-order chi connectivity index (χ0) is 21.8. The summed E-state index contributed by atoms with van der Waals surface area (Å²) in [5.41, 5.74) is 1.27. The maximum atomic E-state index is 13.0. The topological polar surface area (TPSA) is 104 Å². The van der Waals surface area contributed by atoms with Crippen LogP contribution in [-0.2, 0) is 21.2 Å². The molecule has 0 saturated carbocycles. The minimum atomic E-state index is -3.37. The number of nitrogens with one attached hydrogen (secondary N) is 1. The lowest BCUT2D eigenvalue weighted by molar-refractivity contribution is -0.122. The van der Waals surface area contributed by atoms with Crippen molar-refractivity contribution in [2.75, 3.05) is 6.26 Å². The first-order valence-electron chi connectivity index (χ1n) is 8.98. The van der Waals surface area contributed by atoms with Crippen molar-refractivity contribution in [3.63, 3.8) is 0 Å². The Morgan fingerprint density at radius 2 is 2.14 bits per heavy atom. The highest BCUT2D eigenvalue weighted by atomic mass is 35.5. The van der Waals surface area contributed by atoms with Crippen LogP contribution < -0.4 is 5.32 Å². The summed E-state index contributed by atoms with van der Waals surface area (Å²) in [4.78, 5) is 27.1. The molecule has 0 bridgehead atoms. The number of carbonyl (C=O) groups excluding carboxylic acids is 1. The van der Waals surface area contributed by atoms with Crippen LogP contribution in [-0.4, -0.2) is 48.2 Å². The number of halogens is 1. The van der Waals surface area contributed by atoms with Gasteiger partial charge in [-0.05, 0) is 31.9 Å². The van der Waals surface area contributed by atoms with Crippen molar-refractivity contribution in [3.8, 4) is 0 Å². The standard InChI is InChI=1S/C19H24ClN5O3S/c1-6-12(3)25-18(23-13(4)20)15(7-2)24-17(19(25)26)22-11-14-8-9-16(21-10-14)29(5,27)28/h7-10,12H,4,6,11H2,1-3,5H3,(H,22,24)/b15-7+,23-18+. The van der Waals surface area contributed by atoms with E-state index < -0.39 is 9.84 Å². The molecule has 1 aliphatic rings. The average Bonchev–Trinajstić information content (AvgIpc) is 2.66. The number of nitrogens with zero attached hydrogens (tertiary/aromatic N) is 4. The van der Waals surface area contributed by atoms with Gasteiger partial charge in [-0.3, -0.25) is 14.7 Å². The molecule has 1 N–H and O–H groups in total. The van der Waals surface area contributed by atoms with E-state index in [9.17, 15) is 13.2 Å². The molecule has 29 heavy (non-hydrogen) atoms. The average molecular weight is 438 g/mol. The molecule has 0 aliphatic carbocycles. The number of allylic oxidation sites excluding steroid dienone is 1. The molecule has 1 saturated heterocycles. The summed E-state index contributed by atoms with van der Waals surface area (Å²) >= 11 is 5.86. The number of sulfone groups is 1. The van der Waals surface area contributed by atoms with E-state index in [0.29, 0.717) is 23.5 Å². The van der Waals surface area contributed by atoms with Crippen molar-refractivity contribution in [3.05, 3.63) is 47.4 Å². The zero-order valence-electron chi connectivity index (χ0n) is 16.8. The normalized spacial score (nSPS) is 20.2. The molecule has 10 heteroatoms. The van der Waals surface area contributed by atoms with Gasteiger partial charge in [0.1, 0.15) is 5.16 Å². The molecule has 1 amide bonds. The number of pyridine rings is 1. The lowest BCUT2D eigenvalue weighted by Crippen LogP contribution is -2.57. The highest BCUT2D eigenvalue weighted by molar-refractivity contribution is 7.90. The molecule has 1 unspecified atom stereocenters. The first-order chi connectivity index (χ1) is 13.6. The van der Waals surface area contributed by atoms with Gasteiger partial charge >= 0.3 is 0 Å². The van der Waals surface area contributed by atoms with E-state index in [4.69, 9.17) is 11.6 Å². The van der Waals surface area contributed by atoms with Crippen LogP contribution in [0.15, 0.2) is 56.8 Å². The maximum Gasteiger partial charge on any atom is 0.295 e. The second-order valence-corrected chi connectivity index (χ2v) is 8.91. The van der Waals surface area contributed by atoms with Gasteiger partial charge in [-0.1, -0.05) is 37.2 Å². The summed E-state index contributed by atoms with van der Waals surface area (Å²) < 4.78 is 23.0. The fourth-order valence-electron chi connectivity index (χ4n) is 2.60. The number of amides is 1. The van der Waals surface area contributed by atoms with Crippen LogP contribution in [0.5, 0.6) is 0 Å². The fourth-order valence-corrected chi connectivity index (χ4v) is 3.24. The van der Waals surface area contributed by atoms with Crippen LogP contribution in [0.2, 0.25) is 0 Å². The number of aliphatic imine (C=N–C) groups is 2. The Kier molecular flexibility index (Phi) is 7.32. The van der Waals surface area contributed by atoms with Crippen LogP contribution >= 0.6 is 11.6 Å². The zero-order valence-corrected chi connectivity index (χ0v) is 18.4. The number of hydrogen-bond acceptors (Lipinski definition) is 6. The molecule has 0 radical (unpaired) electrons. The van der Waals surface area contributed by atoms with Crippen molar-refractivity contribution in [1.29, 1.82) is 0 Å². The van der Waals surface area contributed by atoms with E-state index in [1.54, 1.807) is 17.0 Å². The summed E-state index contributed by atoms with van der Waals surface area (Å²) in [6.07, 6.45) is 5.01. The largest absolute Gasteiger partial charge is 0.333 e. The van der Waals surface area contributed by atoms with Crippen LogP contribution in [0.4, 0.5) is 0 Å². The van der Waals surface area contributed by atoms with Crippen LogP contribution in [0.25, 0.3) is 0 Å². The maximum absolute atomic E-state index is 13.0. The summed E-state index contributed by atoms with van der Waals surface area (Å²) in [6.45, 7) is 9.43. The molecule has 1 aromatic heterocycles. The molecule has 1 aliphatic heterocycles. The Bertz CT molecular complexity index is 997. The van der Waals surface area contributed by atoms with E-state index in [1.165, 1.54) is 12.3 Å². The van der Waals surface area contributed by atoms with Crippen LogP contribution in [0.3, 0.4) is 0 Å². The smallest absolute Gasteiger partial charge is 0.295 e. The van der Waals surface area contributed by atoms with Crippen LogP contribution in [0, 0.1) is 0 Å². The quantitative estimate of drug-likeness (QED) is 0.689. The fraction of sp³-hybridized carbons (Fsp3) is 0.368. The molecule has 1 aromatic rings. The van der Waals surface area contributed by atoms with Crippen molar-refractivity contribution >= 4 is 39.0 Å². The second kappa shape index (κ2) is 9.32. The van der Waals surface area contributed by atoms with Gasteiger partial charge in [0.25, 0.3) is 5.91 Å². The van der Waals surface area contributed by atoms with E-state index in [2.05, 4.69) is 26.9 Å². The van der Waals surface area contributed by atoms with Gasteiger partial charge in [0.15, 0.2) is 26.5 Å². The summed E-state index contributed by atoms with van der Waals surface area (Å²) in [6, 6.07) is 2.91. The summed E-state index contributed by atoms with van der Waals surface area (Å²) in [5, 5.41) is 3.05. The van der Waals surface area contributed by atoms with E-state index in [-0.39, 0.29) is 34.5 Å². The summed E-state index contributed by atoms with van der Waals surface area (Å²) in [5.74, 6) is 0.219. The molecule has 2 heterocycles. The number of carbonyl (C=O) groups is 1. The van der Waals surface area contributed by atoms with Crippen molar-refractivity contribution in [2.24, 2.45) is 9.98 Å². The van der Waals surface area contributed by atoms with Gasteiger partial charge in [0.2, 0.25) is 0 Å². The highest BCUT2D eigenvalue weighted by Gasteiger charge is 2.35. The minimum Gasteiger partial charge on any atom is -0.333 e. The second-order valence-electron chi connectivity index (χ2n) is 6.51. The molecule has 8 nitrogen and oxygen atoms in total. The molecule has 2 rings (SSSR count). The summed E-state index contributed by atoms with van der Waals surface area (Å²) in [7, 11) is -3.37. The molecule has 0 aromatic carbocycles. The lowest BCUT2D eigenvalue weighted by atomic mass is 10.1. The number of aromatic nitrogens is 1. The van der Waals surface area contributed by atoms with Crippen molar-refractivity contribution < 1.29 is 13.2 Å². The third-order valence-electron chi connectivity index (χ3n) is 4.29. The van der Waals surface area contributed by atoms with Gasteiger partial charge in [-0.2, -0.15) is 0 Å². The lowest BCUT2D eigenvalue weighted by Gasteiger charge is -2.35. The van der Waals surface area contributed by atoms with Gasteiger partial charge in [-0.15, -0.1) is 0 Å². The van der Waals surface area contributed by atoms with Gasteiger partial charge in [0, 0.05) is 18.5 Å². The third-order valence-corrected chi connectivity index (χ3v) is 5.37. The molecule has 1 fully saturated rings. The predicted molar refractivity (Wildman–Crippen MR) is 114 cm³/mol. The SMILES string of the molecule is C=C(Cl)/N=C1\C(=C/C)NC(=NCc2ccc(S(C)(=O)=O)nc2)C(=O)N1C(C)CC. The number of hydrogen-bond donors (Lipinski definition) is 1. The Morgan fingerprint density at radius 1 is 1.45 bits per heavy atom. The molecule has 156 valence electrons. The van der Waals surface area contributed by atoms with Gasteiger partial charge in [-0.25, -0.2) is 18.4 Å². The first-order valence-corrected chi connectivity index (χ1v) is 11.2. The van der Waals surface area contributed by atoms with E-state index in [1.807, 2.05) is 20.8 Å².